The minimum Gasteiger partial charge on any atom is -0.251 e. The van der Waals surface area contributed by atoms with Crippen LogP contribution in [-0.4, -0.2) is 27.4 Å². The third kappa shape index (κ3) is 6.23. The average Bonchev–Trinajstić information content (AvgIpc) is 3.67. The third-order valence-electron chi connectivity index (χ3n) is 17.5. The fourth-order valence-electron chi connectivity index (χ4n) is 15.6. The second-order valence-corrected chi connectivity index (χ2v) is 24.3. The molecule has 0 saturated heterocycles. The molecule has 8 fully saturated rings. The van der Waals surface area contributed by atoms with E-state index in [1.54, 1.807) is 5.57 Å². The van der Waals surface area contributed by atoms with Gasteiger partial charge in [-0.3, -0.25) is 9.97 Å². The molecule has 61 heavy (non-hydrogen) atoms. The molecule has 0 amide bonds. The van der Waals surface area contributed by atoms with Crippen LogP contribution in [-0.2, 0) is 5.16 Å². The first-order valence-electron chi connectivity index (χ1n) is 23.9. The lowest BCUT2D eigenvalue weighted by atomic mass is 9.55. The van der Waals surface area contributed by atoms with E-state index in [1.807, 2.05) is 0 Å². The van der Waals surface area contributed by atoms with E-state index in [1.165, 1.54) is 103 Å². The summed E-state index contributed by atoms with van der Waals surface area (Å²) in [6.07, 6.45) is 19.1. The van der Waals surface area contributed by atoms with E-state index in [9.17, 15) is 0 Å². The predicted molar refractivity (Wildman–Crippen MR) is 259 cm³/mol. The summed E-state index contributed by atoms with van der Waals surface area (Å²) in [5, 5.41) is 1.77. The number of benzene rings is 4. The summed E-state index contributed by atoms with van der Waals surface area (Å²) in [6, 6.07) is 49.6. The summed E-state index contributed by atoms with van der Waals surface area (Å²) in [6.45, 7) is 0. The van der Waals surface area contributed by atoms with Gasteiger partial charge < -0.3 is 0 Å². The molecule has 0 spiro atoms. The number of nitrogens with zero attached hydrogens (tertiary/aromatic N) is 2. The molecule has 0 N–H and O–H groups in total. The van der Waals surface area contributed by atoms with Crippen LogP contribution in [0.15, 0.2) is 145 Å². The first-order valence-corrected chi connectivity index (χ1v) is 26.1. The summed E-state index contributed by atoms with van der Waals surface area (Å²) in [7, 11) is 3.23. The molecule has 15 rings (SSSR count). The molecule has 0 radical (unpaired) electrons. The number of pyridine rings is 2. The highest BCUT2D eigenvalue weighted by Gasteiger charge is 2.58. The number of para-hydroxylation sites is 2. The van der Waals surface area contributed by atoms with E-state index in [0.717, 1.165) is 81.1 Å². The van der Waals surface area contributed by atoms with Gasteiger partial charge in [0.05, 0.1) is 27.6 Å². The Labute approximate surface area is 366 Å². The summed E-state index contributed by atoms with van der Waals surface area (Å²) in [5.41, 5.74) is 13.3. The van der Waals surface area contributed by atoms with E-state index < -0.39 is 5.16 Å². The van der Waals surface area contributed by atoms with E-state index in [-0.39, 0.29) is 13.8 Å². The van der Waals surface area contributed by atoms with Gasteiger partial charge in [-0.25, -0.2) is 0 Å². The minimum absolute atomic E-state index is 0.0592. The summed E-state index contributed by atoms with van der Waals surface area (Å²) < 4.78 is 0. The maximum Gasteiger partial charge on any atom is 0.0787 e. The van der Waals surface area contributed by atoms with Gasteiger partial charge in [0.1, 0.15) is 0 Å². The van der Waals surface area contributed by atoms with E-state index in [0.29, 0.717) is 0 Å². The van der Waals surface area contributed by atoms with Gasteiger partial charge >= 0.3 is 0 Å². The highest BCUT2D eigenvalue weighted by atomic mass is 31.1. The molecule has 8 saturated carbocycles. The number of allylic oxidation sites excluding steroid dienone is 4. The van der Waals surface area contributed by atoms with Crippen LogP contribution in [0.1, 0.15) is 86.7 Å². The lowest BCUT2D eigenvalue weighted by Crippen LogP contribution is -2.53. The maximum absolute atomic E-state index is 5.65. The van der Waals surface area contributed by atoms with Gasteiger partial charge in [-0.15, -0.1) is 9.24 Å². The van der Waals surface area contributed by atoms with Crippen molar-refractivity contribution in [2.75, 3.05) is 6.16 Å². The molecule has 306 valence electrons. The Morgan fingerprint density at radius 3 is 1.38 bits per heavy atom. The van der Waals surface area contributed by atoms with Crippen molar-refractivity contribution in [3.8, 4) is 0 Å². The van der Waals surface area contributed by atoms with Crippen molar-refractivity contribution in [2.24, 2.45) is 53.3 Å². The lowest BCUT2D eigenvalue weighted by molar-refractivity contribution is 0.0131. The van der Waals surface area contributed by atoms with Crippen LogP contribution < -0.4 is 0 Å². The van der Waals surface area contributed by atoms with Crippen LogP contribution in [0.25, 0.3) is 33.0 Å². The largest absolute Gasteiger partial charge is 0.251 e. The van der Waals surface area contributed by atoms with Crippen LogP contribution in [0.4, 0.5) is 0 Å². The molecule has 4 heteroatoms. The molecule has 9 aliphatic rings. The summed E-state index contributed by atoms with van der Waals surface area (Å²) >= 11 is 0. The minimum atomic E-state index is -0.602. The quantitative estimate of drug-likeness (QED) is 0.136. The fourth-order valence-corrected chi connectivity index (χ4v) is 20.9. The lowest BCUT2D eigenvalue weighted by Gasteiger charge is -2.62. The Morgan fingerprint density at radius 1 is 0.475 bits per heavy atom. The molecule has 6 aromatic rings. The van der Waals surface area contributed by atoms with Crippen molar-refractivity contribution in [3.05, 3.63) is 168 Å². The van der Waals surface area contributed by atoms with Crippen molar-refractivity contribution in [1.82, 2.24) is 9.97 Å². The number of hydrogen-bond donors (Lipinski definition) is 0. The Morgan fingerprint density at radius 2 is 0.902 bits per heavy atom. The molecule has 2 unspecified atom stereocenters. The normalized spacial score (nSPS) is 32.9. The third-order valence-corrected chi connectivity index (χ3v) is 22.3. The second-order valence-electron chi connectivity index (χ2n) is 20.9. The molecule has 0 aliphatic heterocycles. The smallest absolute Gasteiger partial charge is 0.0787 e. The molecule has 9 aliphatic carbocycles. The zero-order valence-electron chi connectivity index (χ0n) is 35.3. The average molecular weight is 833 g/mol. The molecule has 4 aromatic carbocycles. The Hall–Kier alpha value is -3.96. The fraction of sp³-hybridized carbons (Fsp3) is 0.404. The standard InChI is InChI=1S/C57H58N2P2/c60-57(52-21-19-40-13-7-9-17-50(40)58-52,53-22-20-41-14-8-10-18-51(41)59-53)49-33-47(39-11-3-1-4-12-39)54(42-15-5-2-6-16-42)48(49)34-61(55-43-25-35-23-36(27-43)28-44(55)26-35)56-45-29-37-24-38(31-45)32-46(56)30-37/h1-22,33,35-38,43-46,49,55-56H,23-32,34,60H2. The van der Waals surface area contributed by atoms with Crippen LogP contribution in [0.5, 0.6) is 0 Å². The molecular formula is C57H58N2P2. The molecule has 2 atom stereocenters. The monoisotopic (exact) mass is 832 g/mol. The second kappa shape index (κ2) is 14.8. The molecule has 2 heterocycles. The van der Waals surface area contributed by atoms with Gasteiger partial charge in [-0.1, -0.05) is 123 Å². The topological polar surface area (TPSA) is 25.8 Å². The van der Waals surface area contributed by atoms with Crippen LogP contribution in [0.2, 0.25) is 0 Å². The maximum atomic E-state index is 5.65. The highest BCUT2D eigenvalue weighted by molar-refractivity contribution is 7.59. The van der Waals surface area contributed by atoms with Crippen LogP contribution in [0, 0.1) is 53.3 Å². The molecule has 2 nitrogen and oxygen atoms in total. The zero-order valence-corrected chi connectivity index (χ0v) is 37.4. The number of rotatable bonds is 9. The Kier molecular flexibility index (Phi) is 9.13. The molecule has 8 bridgehead atoms. The van der Waals surface area contributed by atoms with E-state index in [2.05, 4.69) is 149 Å². The molecular weight excluding hydrogens is 775 g/mol. The zero-order chi connectivity index (χ0) is 40.2. The van der Waals surface area contributed by atoms with Gasteiger partial charge in [0.2, 0.25) is 0 Å². The van der Waals surface area contributed by atoms with Crippen LogP contribution in [0.3, 0.4) is 0 Å². The van der Waals surface area contributed by atoms with Gasteiger partial charge in [0.25, 0.3) is 0 Å². The van der Waals surface area contributed by atoms with Gasteiger partial charge in [0, 0.05) is 16.7 Å². The predicted octanol–water partition coefficient (Wildman–Crippen LogP) is 14.2. The van der Waals surface area contributed by atoms with Crippen molar-refractivity contribution < 1.29 is 0 Å². The van der Waals surface area contributed by atoms with Crippen LogP contribution >= 0.6 is 17.2 Å². The first kappa shape index (κ1) is 37.6. The SMILES string of the molecule is PC(c1ccc2ccccc2n1)(c1ccc2ccccc2n1)C1C=C(c2ccccc2)C(c2ccccc2)=C1CP(C1C2CC3CC(C2)CC1C3)C1C2CC3CC(C2)CC1C3. The summed E-state index contributed by atoms with van der Waals surface area (Å²) in [4.78, 5) is 11.3. The Bertz CT molecular complexity index is 2520. The number of fused-ring (bicyclic) bond motifs is 2. The first-order chi connectivity index (χ1) is 30.0. The van der Waals surface area contributed by atoms with E-state index >= 15 is 0 Å². The summed E-state index contributed by atoms with van der Waals surface area (Å²) in [5.74, 6) is 7.79. The number of hydrogen-bond acceptors (Lipinski definition) is 2. The molecule has 2 aromatic heterocycles. The van der Waals surface area contributed by atoms with Gasteiger partial charge in [0.15, 0.2) is 0 Å². The Balaban J connectivity index is 1.06. The van der Waals surface area contributed by atoms with Crippen molar-refractivity contribution >= 4 is 50.1 Å². The highest BCUT2D eigenvalue weighted by Crippen LogP contribution is 2.73. The van der Waals surface area contributed by atoms with Crippen molar-refractivity contribution in [2.45, 2.75) is 80.7 Å². The van der Waals surface area contributed by atoms with Gasteiger partial charge in [-0.05, 0) is 181 Å². The van der Waals surface area contributed by atoms with Crippen molar-refractivity contribution in [1.29, 1.82) is 0 Å². The van der Waals surface area contributed by atoms with Crippen molar-refractivity contribution in [3.63, 3.8) is 0 Å². The number of aromatic nitrogens is 2. The van der Waals surface area contributed by atoms with Gasteiger partial charge in [-0.2, -0.15) is 0 Å². The van der Waals surface area contributed by atoms with E-state index in [4.69, 9.17) is 9.97 Å².